The Balaban J connectivity index is 1.70. The lowest BCUT2D eigenvalue weighted by Gasteiger charge is -2.35. The van der Waals surface area contributed by atoms with E-state index >= 15 is 0 Å². The zero-order valence-electron chi connectivity index (χ0n) is 13.9. The average Bonchev–Trinajstić information content (AvgIpc) is 3.18. The number of esters is 2. The van der Waals surface area contributed by atoms with Gasteiger partial charge in [0, 0.05) is 17.9 Å². The van der Waals surface area contributed by atoms with Crippen molar-refractivity contribution in [2.24, 2.45) is 29.1 Å². The van der Waals surface area contributed by atoms with Crippen molar-refractivity contribution in [3.63, 3.8) is 0 Å². The number of cyclic esters (lactones) is 1. The first kappa shape index (κ1) is 15.8. The van der Waals surface area contributed by atoms with E-state index < -0.39 is 5.41 Å². The monoisotopic (exact) mass is 309 g/mol. The van der Waals surface area contributed by atoms with Crippen LogP contribution in [-0.4, -0.2) is 37.7 Å². The molecule has 124 valence electrons. The molecule has 2 bridgehead atoms. The Morgan fingerprint density at radius 2 is 2.18 bits per heavy atom. The van der Waals surface area contributed by atoms with Gasteiger partial charge in [0.2, 0.25) is 0 Å². The van der Waals surface area contributed by atoms with E-state index in [0.717, 1.165) is 19.3 Å². The molecule has 0 amide bonds. The molecule has 3 rings (SSSR count). The van der Waals surface area contributed by atoms with Crippen LogP contribution < -0.4 is 5.32 Å². The molecule has 7 atom stereocenters. The summed E-state index contributed by atoms with van der Waals surface area (Å²) < 4.78 is 11.1. The second-order valence-electron chi connectivity index (χ2n) is 7.44. The first-order valence-corrected chi connectivity index (χ1v) is 8.47. The zero-order chi connectivity index (χ0) is 16.1. The fraction of sp³-hybridized carbons (Fsp3) is 0.882. The van der Waals surface area contributed by atoms with Crippen LogP contribution >= 0.6 is 0 Å². The van der Waals surface area contributed by atoms with Gasteiger partial charge in [-0.1, -0.05) is 6.92 Å². The van der Waals surface area contributed by atoms with Gasteiger partial charge in [0.1, 0.15) is 6.10 Å². The summed E-state index contributed by atoms with van der Waals surface area (Å²) in [7, 11) is 1.86. The summed E-state index contributed by atoms with van der Waals surface area (Å²) in [6, 6.07) is 0.0489. The van der Waals surface area contributed by atoms with Gasteiger partial charge in [-0.3, -0.25) is 9.59 Å². The second-order valence-corrected chi connectivity index (χ2v) is 7.44. The largest absolute Gasteiger partial charge is 0.465 e. The maximum Gasteiger partial charge on any atom is 0.313 e. The Kier molecular flexibility index (Phi) is 3.96. The SMILES string of the molecule is CCC(C)(C(=O)OC1CC2CC1C1C(=O)OCC21)C(C)NC. The van der Waals surface area contributed by atoms with E-state index in [-0.39, 0.29) is 35.9 Å². The highest BCUT2D eigenvalue weighted by Gasteiger charge is 2.60. The van der Waals surface area contributed by atoms with E-state index in [0.29, 0.717) is 18.4 Å². The number of ether oxygens (including phenoxy) is 2. The number of hydrogen-bond donors (Lipinski definition) is 1. The molecule has 3 fully saturated rings. The van der Waals surface area contributed by atoms with Gasteiger partial charge < -0.3 is 14.8 Å². The summed E-state index contributed by atoms with van der Waals surface area (Å²) in [4.78, 5) is 24.6. The molecule has 1 N–H and O–H groups in total. The Bertz CT molecular complexity index is 479. The molecule has 1 aliphatic heterocycles. The van der Waals surface area contributed by atoms with E-state index in [1.165, 1.54) is 0 Å². The van der Waals surface area contributed by atoms with Gasteiger partial charge in [-0.2, -0.15) is 0 Å². The number of hydrogen-bond acceptors (Lipinski definition) is 5. The first-order chi connectivity index (χ1) is 10.4. The van der Waals surface area contributed by atoms with Gasteiger partial charge >= 0.3 is 11.9 Å². The number of rotatable bonds is 5. The van der Waals surface area contributed by atoms with Gasteiger partial charge in [0.05, 0.1) is 17.9 Å². The predicted molar refractivity (Wildman–Crippen MR) is 81.0 cm³/mol. The Morgan fingerprint density at radius 3 is 2.82 bits per heavy atom. The van der Waals surface area contributed by atoms with Gasteiger partial charge in [-0.05, 0) is 46.1 Å². The van der Waals surface area contributed by atoms with Gasteiger partial charge in [-0.15, -0.1) is 0 Å². The van der Waals surface area contributed by atoms with E-state index in [1.807, 2.05) is 27.8 Å². The van der Waals surface area contributed by atoms with Crippen LogP contribution in [0.25, 0.3) is 0 Å². The standard InChI is InChI=1S/C17H27NO4/c1-5-17(3,9(2)18-4)16(20)22-13-7-10-6-11(13)14-12(10)8-21-15(14)19/h9-14,18H,5-8H2,1-4H3. The van der Waals surface area contributed by atoms with Crippen molar-refractivity contribution in [1.29, 1.82) is 0 Å². The Morgan fingerprint density at radius 1 is 1.45 bits per heavy atom. The lowest BCUT2D eigenvalue weighted by Crippen LogP contribution is -2.48. The molecular weight excluding hydrogens is 282 g/mol. The van der Waals surface area contributed by atoms with Gasteiger partial charge in [0.15, 0.2) is 0 Å². The molecule has 2 saturated carbocycles. The van der Waals surface area contributed by atoms with Gasteiger partial charge in [-0.25, -0.2) is 0 Å². The quantitative estimate of drug-likeness (QED) is 0.784. The second kappa shape index (κ2) is 5.52. The molecule has 5 heteroatoms. The molecule has 22 heavy (non-hydrogen) atoms. The normalized spacial score (nSPS) is 40.0. The Hall–Kier alpha value is -1.10. The zero-order valence-corrected chi connectivity index (χ0v) is 13.9. The maximum atomic E-state index is 12.7. The van der Waals surface area contributed by atoms with E-state index in [2.05, 4.69) is 5.32 Å². The molecule has 7 unspecified atom stereocenters. The molecule has 0 radical (unpaired) electrons. The van der Waals surface area contributed by atoms with E-state index in [4.69, 9.17) is 9.47 Å². The molecule has 0 aromatic rings. The molecule has 0 spiro atoms. The van der Waals surface area contributed by atoms with Crippen molar-refractivity contribution in [3.05, 3.63) is 0 Å². The minimum absolute atomic E-state index is 0.0360. The third-order valence-corrected chi connectivity index (χ3v) is 6.65. The average molecular weight is 309 g/mol. The number of nitrogens with one attached hydrogen (secondary N) is 1. The van der Waals surface area contributed by atoms with Crippen LogP contribution in [0.3, 0.4) is 0 Å². The summed E-state index contributed by atoms with van der Waals surface area (Å²) in [6.07, 6.45) is 2.51. The maximum absolute atomic E-state index is 12.7. The van der Waals surface area contributed by atoms with Crippen LogP contribution in [0.4, 0.5) is 0 Å². The summed E-state index contributed by atoms with van der Waals surface area (Å²) in [5.74, 6) is 0.749. The summed E-state index contributed by atoms with van der Waals surface area (Å²) in [5, 5.41) is 3.17. The van der Waals surface area contributed by atoms with Crippen LogP contribution in [0.1, 0.15) is 40.0 Å². The number of carbonyl (C=O) groups is 2. The highest BCUT2D eigenvalue weighted by atomic mass is 16.6. The van der Waals surface area contributed by atoms with Crippen LogP contribution in [0.2, 0.25) is 0 Å². The van der Waals surface area contributed by atoms with Crippen molar-refractivity contribution >= 4 is 11.9 Å². The van der Waals surface area contributed by atoms with Crippen LogP contribution in [0.15, 0.2) is 0 Å². The molecule has 3 aliphatic rings. The predicted octanol–water partition coefficient (Wildman–Crippen LogP) is 1.75. The smallest absolute Gasteiger partial charge is 0.313 e. The first-order valence-electron chi connectivity index (χ1n) is 8.47. The highest BCUT2D eigenvalue weighted by Crippen LogP contribution is 2.56. The van der Waals surface area contributed by atoms with E-state index in [9.17, 15) is 9.59 Å². The van der Waals surface area contributed by atoms with Crippen molar-refractivity contribution in [2.75, 3.05) is 13.7 Å². The lowest BCUT2D eigenvalue weighted by molar-refractivity contribution is -0.168. The highest BCUT2D eigenvalue weighted by molar-refractivity contribution is 5.78. The van der Waals surface area contributed by atoms with Crippen LogP contribution in [0.5, 0.6) is 0 Å². The third kappa shape index (κ3) is 2.16. The van der Waals surface area contributed by atoms with Crippen molar-refractivity contribution in [2.45, 2.75) is 52.2 Å². The topological polar surface area (TPSA) is 64.6 Å². The minimum atomic E-state index is -0.536. The summed E-state index contributed by atoms with van der Waals surface area (Å²) in [5.41, 5.74) is -0.536. The molecule has 2 aliphatic carbocycles. The number of fused-ring (bicyclic) bond motifs is 5. The van der Waals surface area contributed by atoms with Gasteiger partial charge in [0.25, 0.3) is 0 Å². The van der Waals surface area contributed by atoms with Crippen LogP contribution in [0, 0.1) is 29.1 Å². The number of carbonyl (C=O) groups excluding carboxylic acids is 2. The fourth-order valence-electron chi connectivity index (χ4n) is 4.63. The molecule has 0 aromatic heterocycles. The summed E-state index contributed by atoms with van der Waals surface area (Å²) >= 11 is 0. The molecule has 1 heterocycles. The molecule has 5 nitrogen and oxygen atoms in total. The molecule has 0 aromatic carbocycles. The van der Waals surface area contributed by atoms with Crippen molar-refractivity contribution < 1.29 is 19.1 Å². The molecular formula is C17H27NO4. The van der Waals surface area contributed by atoms with Crippen molar-refractivity contribution in [3.8, 4) is 0 Å². The summed E-state index contributed by atoms with van der Waals surface area (Å²) in [6.45, 7) is 6.54. The lowest BCUT2D eigenvalue weighted by atomic mass is 9.78. The Labute approximate surface area is 132 Å². The minimum Gasteiger partial charge on any atom is -0.465 e. The molecule has 1 saturated heterocycles. The van der Waals surface area contributed by atoms with Crippen molar-refractivity contribution in [1.82, 2.24) is 5.32 Å². The van der Waals surface area contributed by atoms with E-state index in [1.54, 1.807) is 0 Å². The van der Waals surface area contributed by atoms with Crippen LogP contribution in [-0.2, 0) is 19.1 Å². The fourth-order valence-corrected chi connectivity index (χ4v) is 4.63. The third-order valence-electron chi connectivity index (χ3n) is 6.65.